The van der Waals surface area contributed by atoms with Crippen LogP contribution >= 0.6 is 12.4 Å². The van der Waals surface area contributed by atoms with Gasteiger partial charge >= 0.3 is 0 Å². The molecule has 0 radical (unpaired) electrons. The first-order chi connectivity index (χ1) is 9.74. The minimum absolute atomic E-state index is 0. The van der Waals surface area contributed by atoms with Gasteiger partial charge in [-0.1, -0.05) is 12.8 Å². The third kappa shape index (κ3) is 4.11. The molecule has 1 aliphatic heterocycles. The van der Waals surface area contributed by atoms with Gasteiger partial charge in [0.1, 0.15) is 0 Å². The maximum atomic E-state index is 12.9. The van der Waals surface area contributed by atoms with Gasteiger partial charge in [0.05, 0.1) is 6.10 Å². The molecule has 3 atom stereocenters. The maximum Gasteiger partial charge on any atom is 0.226 e. The monoisotopic (exact) mass is 316 g/mol. The summed E-state index contributed by atoms with van der Waals surface area (Å²) < 4.78 is 5.76. The number of carbonyl (C=O) groups excluding carboxylic acids is 1. The van der Waals surface area contributed by atoms with Crippen molar-refractivity contribution in [2.45, 2.75) is 76.0 Å². The van der Waals surface area contributed by atoms with Gasteiger partial charge < -0.3 is 15.4 Å². The Bertz CT molecular complexity index is 341. The Morgan fingerprint density at radius 2 is 1.86 bits per heavy atom. The molecule has 0 aromatic heterocycles. The number of nitrogens with two attached hydrogens (primary N) is 1. The molecule has 0 aromatic carbocycles. The zero-order valence-electron chi connectivity index (χ0n) is 12.8. The van der Waals surface area contributed by atoms with Gasteiger partial charge in [-0.2, -0.15) is 0 Å². The molecule has 0 aromatic rings. The van der Waals surface area contributed by atoms with Crippen LogP contribution in [0.25, 0.3) is 0 Å². The van der Waals surface area contributed by atoms with Gasteiger partial charge in [-0.3, -0.25) is 4.79 Å². The predicted molar refractivity (Wildman–Crippen MR) is 85.5 cm³/mol. The molecule has 2 aliphatic carbocycles. The van der Waals surface area contributed by atoms with E-state index in [1.165, 1.54) is 25.7 Å². The largest absolute Gasteiger partial charge is 0.376 e. The van der Waals surface area contributed by atoms with E-state index in [0.29, 0.717) is 11.9 Å². The van der Waals surface area contributed by atoms with Crippen LogP contribution in [0.4, 0.5) is 0 Å². The number of ether oxygens (including phenoxy) is 1. The van der Waals surface area contributed by atoms with Crippen LogP contribution in [0.2, 0.25) is 0 Å². The average Bonchev–Trinajstić information content (AvgIpc) is 3.17. The van der Waals surface area contributed by atoms with Crippen LogP contribution in [-0.2, 0) is 9.53 Å². The number of halogens is 1. The first kappa shape index (κ1) is 17.0. The molecule has 0 bridgehead atoms. The van der Waals surface area contributed by atoms with Crippen molar-refractivity contribution in [3.05, 3.63) is 0 Å². The van der Waals surface area contributed by atoms with E-state index in [4.69, 9.17) is 10.5 Å². The molecule has 3 aliphatic rings. The lowest BCUT2D eigenvalue weighted by molar-refractivity contribution is -0.139. The number of nitrogens with zero attached hydrogens (tertiary/aromatic N) is 1. The lowest BCUT2D eigenvalue weighted by Gasteiger charge is -2.33. The normalized spacial score (nSPS) is 33.1. The van der Waals surface area contributed by atoms with Crippen LogP contribution in [0, 0.1) is 5.92 Å². The molecule has 4 nitrogen and oxygen atoms in total. The van der Waals surface area contributed by atoms with Gasteiger partial charge in [-0.25, -0.2) is 0 Å². The van der Waals surface area contributed by atoms with E-state index in [2.05, 4.69) is 4.90 Å². The van der Waals surface area contributed by atoms with E-state index in [1.54, 1.807) is 0 Å². The van der Waals surface area contributed by atoms with Crippen molar-refractivity contribution in [1.29, 1.82) is 0 Å². The Morgan fingerprint density at radius 1 is 1.10 bits per heavy atom. The van der Waals surface area contributed by atoms with E-state index in [1.807, 2.05) is 0 Å². The highest BCUT2D eigenvalue weighted by Gasteiger charge is 2.36. The first-order valence-corrected chi connectivity index (χ1v) is 8.41. The highest BCUT2D eigenvalue weighted by molar-refractivity contribution is 5.85. The van der Waals surface area contributed by atoms with Crippen LogP contribution < -0.4 is 5.73 Å². The molecular formula is C16H29ClN2O2. The van der Waals surface area contributed by atoms with Crippen molar-refractivity contribution in [2.75, 3.05) is 13.2 Å². The van der Waals surface area contributed by atoms with E-state index >= 15 is 0 Å². The maximum absolute atomic E-state index is 12.9. The van der Waals surface area contributed by atoms with Gasteiger partial charge in [-0.15, -0.1) is 12.4 Å². The highest BCUT2D eigenvalue weighted by atomic mass is 35.5. The Labute approximate surface area is 134 Å². The van der Waals surface area contributed by atoms with E-state index in [-0.39, 0.29) is 30.5 Å². The summed E-state index contributed by atoms with van der Waals surface area (Å²) in [6.07, 6.45) is 10.3. The predicted octanol–water partition coefficient (Wildman–Crippen LogP) is 2.49. The van der Waals surface area contributed by atoms with Crippen LogP contribution in [0.5, 0.6) is 0 Å². The molecule has 3 rings (SSSR count). The summed E-state index contributed by atoms with van der Waals surface area (Å²) in [7, 11) is 0. The number of rotatable bonds is 4. The Balaban J connectivity index is 0.00000161. The zero-order valence-corrected chi connectivity index (χ0v) is 13.7. The number of hydrogen-bond donors (Lipinski definition) is 1. The Morgan fingerprint density at radius 3 is 2.43 bits per heavy atom. The van der Waals surface area contributed by atoms with Crippen molar-refractivity contribution < 1.29 is 9.53 Å². The van der Waals surface area contributed by atoms with E-state index < -0.39 is 0 Å². The van der Waals surface area contributed by atoms with Gasteiger partial charge in [-0.05, 0) is 44.9 Å². The Kier molecular flexibility index (Phi) is 6.33. The lowest BCUT2D eigenvalue weighted by Crippen LogP contribution is -2.46. The lowest BCUT2D eigenvalue weighted by atomic mass is 10.0. The molecule has 1 saturated heterocycles. The minimum atomic E-state index is 0. The molecule has 2 saturated carbocycles. The van der Waals surface area contributed by atoms with Crippen molar-refractivity contribution in [3.8, 4) is 0 Å². The summed E-state index contributed by atoms with van der Waals surface area (Å²) in [5.41, 5.74) is 5.98. The summed E-state index contributed by atoms with van der Waals surface area (Å²) in [6, 6.07) is 0.695. The molecule has 2 N–H and O–H groups in total. The molecule has 5 heteroatoms. The molecule has 0 spiro atoms. The summed E-state index contributed by atoms with van der Waals surface area (Å²) in [6.45, 7) is 1.68. The van der Waals surface area contributed by atoms with E-state index in [0.717, 1.165) is 45.3 Å². The zero-order chi connectivity index (χ0) is 13.9. The molecule has 1 amide bonds. The quantitative estimate of drug-likeness (QED) is 0.867. The van der Waals surface area contributed by atoms with Crippen LogP contribution in [0.3, 0.4) is 0 Å². The standard InChI is InChI=1S/C16H28N2O2.ClH/c17-13-8-7-12(10-13)16(19)18(14-4-1-2-5-14)11-15-6-3-9-20-15;/h12-15H,1-11,17H2;1H. The van der Waals surface area contributed by atoms with Crippen LogP contribution in [0.1, 0.15) is 57.8 Å². The topological polar surface area (TPSA) is 55.6 Å². The third-order valence-corrected chi connectivity index (χ3v) is 5.30. The molecule has 3 fully saturated rings. The third-order valence-electron chi connectivity index (χ3n) is 5.30. The molecule has 3 unspecified atom stereocenters. The number of hydrogen-bond acceptors (Lipinski definition) is 3. The Hall–Kier alpha value is -0.320. The average molecular weight is 317 g/mol. The second kappa shape index (κ2) is 7.80. The second-order valence-electron chi connectivity index (χ2n) is 6.83. The summed E-state index contributed by atoms with van der Waals surface area (Å²) in [5, 5.41) is 0. The summed E-state index contributed by atoms with van der Waals surface area (Å²) in [5.74, 6) is 0.535. The van der Waals surface area contributed by atoms with Gasteiger partial charge in [0.2, 0.25) is 5.91 Å². The van der Waals surface area contributed by atoms with Gasteiger partial charge in [0, 0.05) is 31.2 Å². The van der Waals surface area contributed by atoms with Gasteiger partial charge in [0.25, 0.3) is 0 Å². The fourth-order valence-electron chi connectivity index (χ4n) is 4.12. The molecule has 1 heterocycles. The van der Waals surface area contributed by atoms with Crippen molar-refractivity contribution in [2.24, 2.45) is 11.7 Å². The van der Waals surface area contributed by atoms with Crippen molar-refractivity contribution in [1.82, 2.24) is 4.90 Å². The fourth-order valence-corrected chi connectivity index (χ4v) is 4.12. The SMILES string of the molecule is Cl.NC1CCC(C(=O)N(CC2CCCO2)C2CCCC2)C1. The van der Waals surface area contributed by atoms with E-state index in [9.17, 15) is 4.79 Å². The van der Waals surface area contributed by atoms with Crippen LogP contribution in [-0.4, -0.2) is 42.1 Å². The fraction of sp³-hybridized carbons (Fsp3) is 0.938. The number of amides is 1. The van der Waals surface area contributed by atoms with Crippen molar-refractivity contribution in [3.63, 3.8) is 0 Å². The van der Waals surface area contributed by atoms with Crippen molar-refractivity contribution >= 4 is 18.3 Å². The summed E-state index contributed by atoms with van der Waals surface area (Å²) >= 11 is 0. The molecule has 21 heavy (non-hydrogen) atoms. The molecular weight excluding hydrogens is 288 g/mol. The van der Waals surface area contributed by atoms with Crippen LogP contribution in [0.15, 0.2) is 0 Å². The first-order valence-electron chi connectivity index (χ1n) is 8.41. The smallest absolute Gasteiger partial charge is 0.226 e. The van der Waals surface area contributed by atoms with Gasteiger partial charge in [0.15, 0.2) is 0 Å². The second-order valence-corrected chi connectivity index (χ2v) is 6.83. The molecule has 122 valence electrons. The highest BCUT2D eigenvalue weighted by Crippen LogP contribution is 2.31. The minimum Gasteiger partial charge on any atom is -0.376 e. The number of carbonyl (C=O) groups is 1. The summed E-state index contributed by atoms with van der Waals surface area (Å²) in [4.78, 5) is 15.1.